The molecular formula is C14H15OS. The zero-order chi connectivity index (χ0) is 11.2. The second-order valence-corrected chi connectivity index (χ2v) is 4.54. The van der Waals surface area contributed by atoms with Gasteiger partial charge in [-0.25, -0.2) is 0 Å². The van der Waals surface area contributed by atoms with Gasteiger partial charge in [-0.1, -0.05) is 13.3 Å². The van der Waals surface area contributed by atoms with Crippen molar-refractivity contribution in [2.45, 2.75) is 19.8 Å². The van der Waals surface area contributed by atoms with Crippen molar-refractivity contribution in [2.24, 2.45) is 0 Å². The molecule has 0 saturated carbocycles. The Labute approximate surface area is 101 Å². The second kappa shape index (κ2) is 5.71. The zero-order valence-electron chi connectivity index (χ0n) is 9.40. The minimum absolute atomic E-state index is 0.807. The van der Waals surface area contributed by atoms with Gasteiger partial charge in [-0.15, -0.1) is 11.3 Å². The van der Waals surface area contributed by atoms with Crippen LogP contribution in [-0.2, 0) is 0 Å². The van der Waals surface area contributed by atoms with E-state index in [9.17, 15) is 0 Å². The largest absolute Gasteiger partial charge is 0.494 e. The topological polar surface area (TPSA) is 9.23 Å². The standard InChI is InChI=1S/C14H15OS/c1-2-3-10-15-13-8-6-12(7-9-13)14-5-4-11-16-14/h4,6-9,11H,2-3,10H2,1H3. The molecule has 0 spiro atoms. The Balaban J connectivity index is 2.00. The molecule has 1 radical (unpaired) electrons. The van der Waals surface area contributed by atoms with E-state index in [2.05, 4.69) is 25.1 Å². The van der Waals surface area contributed by atoms with Crippen molar-refractivity contribution < 1.29 is 4.74 Å². The van der Waals surface area contributed by atoms with Crippen LogP contribution in [0.25, 0.3) is 10.4 Å². The molecule has 1 aromatic heterocycles. The molecule has 0 atom stereocenters. The Morgan fingerprint density at radius 1 is 1.25 bits per heavy atom. The summed E-state index contributed by atoms with van der Waals surface area (Å²) in [4.78, 5) is 1.18. The van der Waals surface area contributed by atoms with E-state index in [0.717, 1.165) is 18.8 Å². The number of benzene rings is 1. The van der Waals surface area contributed by atoms with Crippen LogP contribution in [0.15, 0.2) is 35.7 Å². The highest BCUT2D eigenvalue weighted by Crippen LogP contribution is 2.25. The number of hydrogen-bond acceptors (Lipinski definition) is 2. The maximum Gasteiger partial charge on any atom is 0.119 e. The smallest absolute Gasteiger partial charge is 0.119 e. The first kappa shape index (κ1) is 11.2. The van der Waals surface area contributed by atoms with Crippen molar-refractivity contribution in [3.8, 4) is 16.2 Å². The summed E-state index contributed by atoms with van der Waals surface area (Å²) >= 11 is 1.71. The molecule has 2 rings (SSSR count). The Morgan fingerprint density at radius 2 is 2.06 bits per heavy atom. The quantitative estimate of drug-likeness (QED) is 0.693. The Hall–Kier alpha value is -1.28. The summed E-state index contributed by atoms with van der Waals surface area (Å²) in [5.41, 5.74) is 1.21. The summed E-state index contributed by atoms with van der Waals surface area (Å²) in [6.07, 6.45) is 2.28. The summed E-state index contributed by atoms with van der Waals surface area (Å²) < 4.78 is 5.61. The van der Waals surface area contributed by atoms with E-state index < -0.39 is 0 Å². The second-order valence-electron chi connectivity index (χ2n) is 3.62. The van der Waals surface area contributed by atoms with E-state index in [1.165, 1.54) is 16.9 Å². The van der Waals surface area contributed by atoms with Crippen molar-refractivity contribution in [3.63, 3.8) is 0 Å². The van der Waals surface area contributed by atoms with Crippen LogP contribution in [0, 0.1) is 6.07 Å². The van der Waals surface area contributed by atoms with Crippen molar-refractivity contribution >= 4 is 11.3 Å². The lowest BCUT2D eigenvalue weighted by atomic mass is 10.2. The van der Waals surface area contributed by atoms with Crippen LogP contribution in [-0.4, -0.2) is 6.61 Å². The normalized spacial score (nSPS) is 10.3. The van der Waals surface area contributed by atoms with E-state index in [4.69, 9.17) is 4.74 Å². The number of ether oxygens (including phenoxy) is 1. The fourth-order valence-electron chi connectivity index (χ4n) is 1.43. The highest BCUT2D eigenvalue weighted by molar-refractivity contribution is 7.13. The van der Waals surface area contributed by atoms with E-state index in [1.807, 2.05) is 23.6 Å². The van der Waals surface area contributed by atoms with Crippen LogP contribution >= 0.6 is 11.3 Å². The monoisotopic (exact) mass is 231 g/mol. The maximum absolute atomic E-state index is 5.61. The molecular weight excluding hydrogens is 216 g/mol. The molecule has 0 aliphatic carbocycles. The van der Waals surface area contributed by atoms with Crippen LogP contribution in [0.1, 0.15) is 19.8 Å². The number of rotatable bonds is 5. The lowest BCUT2D eigenvalue weighted by molar-refractivity contribution is 0.309. The van der Waals surface area contributed by atoms with E-state index in [-0.39, 0.29) is 0 Å². The molecule has 0 saturated heterocycles. The minimum atomic E-state index is 0.807. The highest BCUT2D eigenvalue weighted by atomic mass is 32.1. The maximum atomic E-state index is 5.61. The fraction of sp³-hybridized carbons (Fsp3) is 0.286. The molecule has 0 N–H and O–H groups in total. The van der Waals surface area contributed by atoms with Gasteiger partial charge in [0.25, 0.3) is 0 Å². The summed E-state index contributed by atoms with van der Waals surface area (Å²) in [6, 6.07) is 13.4. The molecule has 83 valence electrons. The van der Waals surface area contributed by atoms with Gasteiger partial charge >= 0.3 is 0 Å². The summed E-state index contributed by atoms with van der Waals surface area (Å²) in [5, 5.41) is 2.04. The predicted octanol–water partition coefficient (Wildman–Crippen LogP) is 4.39. The van der Waals surface area contributed by atoms with Crippen LogP contribution in [0.2, 0.25) is 0 Å². The van der Waals surface area contributed by atoms with Gasteiger partial charge in [0.1, 0.15) is 5.75 Å². The first-order chi connectivity index (χ1) is 7.90. The summed E-state index contributed by atoms with van der Waals surface area (Å²) in [5.74, 6) is 0.953. The van der Waals surface area contributed by atoms with Crippen LogP contribution < -0.4 is 4.74 Å². The number of hydrogen-bond donors (Lipinski definition) is 0. The first-order valence-corrected chi connectivity index (χ1v) is 6.46. The average Bonchev–Trinajstić information content (AvgIpc) is 2.84. The molecule has 0 amide bonds. The summed E-state index contributed by atoms with van der Waals surface area (Å²) in [6.45, 7) is 2.97. The van der Waals surface area contributed by atoms with Gasteiger partial charge in [0.15, 0.2) is 0 Å². The van der Waals surface area contributed by atoms with Gasteiger partial charge in [0.2, 0.25) is 0 Å². The van der Waals surface area contributed by atoms with Crippen LogP contribution in [0.5, 0.6) is 5.75 Å². The molecule has 1 aromatic carbocycles. The molecule has 0 aliphatic heterocycles. The Kier molecular flexibility index (Phi) is 4.00. The molecule has 2 heteroatoms. The minimum Gasteiger partial charge on any atom is -0.494 e. The third-order valence-corrected chi connectivity index (χ3v) is 3.21. The van der Waals surface area contributed by atoms with E-state index >= 15 is 0 Å². The number of thiophene rings is 1. The van der Waals surface area contributed by atoms with Gasteiger partial charge < -0.3 is 4.74 Å². The number of unbranched alkanes of at least 4 members (excludes halogenated alkanes) is 1. The average molecular weight is 231 g/mol. The molecule has 0 bridgehead atoms. The molecule has 1 nitrogen and oxygen atoms in total. The van der Waals surface area contributed by atoms with Crippen molar-refractivity contribution in [3.05, 3.63) is 41.8 Å². The van der Waals surface area contributed by atoms with Gasteiger partial charge in [0.05, 0.1) is 6.61 Å². The van der Waals surface area contributed by atoms with E-state index in [0.29, 0.717) is 0 Å². The molecule has 16 heavy (non-hydrogen) atoms. The van der Waals surface area contributed by atoms with Crippen molar-refractivity contribution in [1.29, 1.82) is 0 Å². The fourth-order valence-corrected chi connectivity index (χ4v) is 2.11. The van der Waals surface area contributed by atoms with Crippen molar-refractivity contribution in [1.82, 2.24) is 0 Å². The molecule has 0 unspecified atom stereocenters. The Morgan fingerprint density at radius 3 is 2.69 bits per heavy atom. The van der Waals surface area contributed by atoms with E-state index in [1.54, 1.807) is 11.3 Å². The molecule has 0 fully saturated rings. The van der Waals surface area contributed by atoms with Gasteiger partial charge in [0, 0.05) is 10.9 Å². The van der Waals surface area contributed by atoms with Gasteiger partial charge in [-0.3, -0.25) is 0 Å². The summed E-state index contributed by atoms with van der Waals surface area (Å²) in [7, 11) is 0. The molecule has 1 heterocycles. The third-order valence-electron chi connectivity index (χ3n) is 2.35. The predicted molar refractivity (Wildman–Crippen MR) is 69.0 cm³/mol. The highest BCUT2D eigenvalue weighted by Gasteiger charge is 1.99. The SMILES string of the molecule is CCCCOc1ccc(-c2[c]ccs2)cc1. The lowest BCUT2D eigenvalue weighted by Crippen LogP contribution is -1.95. The van der Waals surface area contributed by atoms with Crippen LogP contribution in [0.3, 0.4) is 0 Å². The first-order valence-electron chi connectivity index (χ1n) is 5.58. The van der Waals surface area contributed by atoms with Crippen molar-refractivity contribution in [2.75, 3.05) is 6.61 Å². The Bertz CT molecular complexity index is 403. The zero-order valence-corrected chi connectivity index (χ0v) is 10.2. The van der Waals surface area contributed by atoms with Gasteiger partial charge in [-0.2, -0.15) is 0 Å². The molecule has 2 aromatic rings. The molecule has 0 aliphatic rings. The van der Waals surface area contributed by atoms with Crippen LogP contribution in [0.4, 0.5) is 0 Å². The van der Waals surface area contributed by atoms with Gasteiger partial charge in [-0.05, 0) is 47.7 Å². The lowest BCUT2D eigenvalue weighted by Gasteiger charge is -2.05. The third kappa shape index (κ3) is 2.86.